The van der Waals surface area contributed by atoms with E-state index in [1.165, 1.54) is 30.5 Å². The summed E-state index contributed by atoms with van der Waals surface area (Å²) in [6, 6.07) is 11.1. The van der Waals surface area contributed by atoms with E-state index in [4.69, 9.17) is 5.26 Å². The zero-order chi connectivity index (χ0) is 14.1. The molecule has 104 valence electrons. The fourth-order valence-corrected chi connectivity index (χ4v) is 1.99. The number of nitriles is 1. The highest BCUT2D eigenvalue weighted by molar-refractivity contribution is 5.44. The molecule has 0 bridgehead atoms. The van der Waals surface area contributed by atoms with Crippen molar-refractivity contribution in [1.82, 2.24) is 0 Å². The molecule has 2 heteroatoms. The third-order valence-corrected chi connectivity index (χ3v) is 3.38. The van der Waals surface area contributed by atoms with Crippen LogP contribution in [-0.4, -0.2) is 6.54 Å². The predicted octanol–water partition coefficient (Wildman–Crippen LogP) is 4.77. The normalized spacial score (nSPS) is 11.1. The molecule has 1 N–H and O–H groups in total. The van der Waals surface area contributed by atoms with Crippen LogP contribution in [0.3, 0.4) is 0 Å². The molecule has 0 amide bonds. The SMILES string of the molecule is CCCCc1ccc(NCCCC(C)(C)C#N)cc1. The molecule has 0 fully saturated rings. The van der Waals surface area contributed by atoms with Gasteiger partial charge in [-0.3, -0.25) is 0 Å². The minimum Gasteiger partial charge on any atom is -0.385 e. The van der Waals surface area contributed by atoms with Gasteiger partial charge in [0.2, 0.25) is 0 Å². The number of nitrogens with zero attached hydrogens (tertiary/aromatic N) is 1. The van der Waals surface area contributed by atoms with Crippen molar-refractivity contribution in [3.8, 4) is 6.07 Å². The summed E-state index contributed by atoms with van der Waals surface area (Å²) in [6.07, 6.45) is 5.64. The molecule has 0 saturated heterocycles. The van der Waals surface area contributed by atoms with E-state index in [2.05, 4.69) is 42.6 Å². The summed E-state index contributed by atoms with van der Waals surface area (Å²) in [5, 5.41) is 12.4. The quantitative estimate of drug-likeness (QED) is 0.682. The van der Waals surface area contributed by atoms with Gasteiger partial charge in [-0.15, -0.1) is 0 Å². The maximum Gasteiger partial charge on any atom is 0.0683 e. The van der Waals surface area contributed by atoms with Crippen molar-refractivity contribution >= 4 is 5.69 Å². The molecule has 1 aromatic carbocycles. The molecule has 0 saturated carbocycles. The molecular formula is C17H26N2. The van der Waals surface area contributed by atoms with Crippen molar-refractivity contribution in [2.75, 3.05) is 11.9 Å². The number of aryl methyl sites for hydroxylation is 1. The van der Waals surface area contributed by atoms with E-state index in [1.807, 2.05) is 13.8 Å². The summed E-state index contributed by atoms with van der Waals surface area (Å²) >= 11 is 0. The molecule has 2 nitrogen and oxygen atoms in total. The van der Waals surface area contributed by atoms with Crippen LogP contribution in [0, 0.1) is 16.7 Å². The van der Waals surface area contributed by atoms with Crippen molar-refractivity contribution in [1.29, 1.82) is 5.26 Å². The molecule has 0 unspecified atom stereocenters. The topological polar surface area (TPSA) is 35.8 Å². The Kier molecular flexibility index (Phi) is 6.42. The number of hydrogen-bond donors (Lipinski definition) is 1. The Morgan fingerprint density at radius 1 is 1.16 bits per heavy atom. The Labute approximate surface area is 117 Å². The van der Waals surface area contributed by atoms with E-state index < -0.39 is 0 Å². The maximum atomic E-state index is 8.94. The molecular weight excluding hydrogens is 232 g/mol. The third kappa shape index (κ3) is 6.29. The average molecular weight is 258 g/mol. The second kappa shape index (κ2) is 7.84. The molecule has 0 heterocycles. The number of anilines is 1. The maximum absolute atomic E-state index is 8.94. The summed E-state index contributed by atoms with van der Waals surface area (Å²) < 4.78 is 0. The standard InChI is InChI=1S/C17H26N2/c1-4-5-7-15-8-10-16(11-9-15)19-13-6-12-17(2,3)14-18/h8-11,19H,4-7,12-13H2,1-3H3. The van der Waals surface area contributed by atoms with Gasteiger partial charge in [-0.2, -0.15) is 5.26 Å². The van der Waals surface area contributed by atoms with Crippen LogP contribution in [0.2, 0.25) is 0 Å². The number of unbranched alkanes of at least 4 members (excludes halogenated alkanes) is 1. The largest absolute Gasteiger partial charge is 0.385 e. The van der Waals surface area contributed by atoms with E-state index in [1.54, 1.807) is 0 Å². The molecule has 0 aliphatic carbocycles. The second-order valence-corrected chi connectivity index (χ2v) is 5.83. The first-order valence-corrected chi connectivity index (χ1v) is 7.31. The van der Waals surface area contributed by atoms with Crippen LogP contribution < -0.4 is 5.32 Å². The number of hydrogen-bond acceptors (Lipinski definition) is 2. The van der Waals surface area contributed by atoms with Crippen molar-refractivity contribution < 1.29 is 0 Å². The van der Waals surface area contributed by atoms with Gasteiger partial charge in [0, 0.05) is 12.2 Å². The van der Waals surface area contributed by atoms with Crippen molar-refractivity contribution in [2.45, 2.75) is 52.9 Å². The van der Waals surface area contributed by atoms with Crippen LogP contribution >= 0.6 is 0 Å². The third-order valence-electron chi connectivity index (χ3n) is 3.38. The van der Waals surface area contributed by atoms with Crippen LogP contribution in [0.15, 0.2) is 24.3 Å². The molecule has 1 aromatic rings. The lowest BCUT2D eigenvalue weighted by atomic mass is 9.90. The average Bonchev–Trinajstić information content (AvgIpc) is 2.42. The van der Waals surface area contributed by atoms with Gasteiger partial charge in [0.1, 0.15) is 0 Å². The van der Waals surface area contributed by atoms with Gasteiger partial charge in [-0.05, 0) is 57.2 Å². The first-order chi connectivity index (χ1) is 9.07. The first kappa shape index (κ1) is 15.6. The summed E-state index contributed by atoms with van der Waals surface area (Å²) in [6.45, 7) is 7.14. The van der Waals surface area contributed by atoms with E-state index in [0.717, 1.165) is 19.4 Å². The van der Waals surface area contributed by atoms with Gasteiger partial charge in [-0.25, -0.2) is 0 Å². The minimum absolute atomic E-state index is 0.203. The predicted molar refractivity (Wildman–Crippen MR) is 82.2 cm³/mol. The molecule has 0 aromatic heterocycles. The highest BCUT2D eigenvalue weighted by Crippen LogP contribution is 2.20. The van der Waals surface area contributed by atoms with E-state index in [0.29, 0.717) is 0 Å². The summed E-state index contributed by atoms with van der Waals surface area (Å²) in [7, 11) is 0. The molecule has 0 radical (unpaired) electrons. The Morgan fingerprint density at radius 3 is 2.42 bits per heavy atom. The number of benzene rings is 1. The molecule has 19 heavy (non-hydrogen) atoms. The fraction of sp³-hybridized carbons (Fsp3) is 0.588. The van der Waals surface area contributed by atoms with Gasteiger partial charge < -0.3 is 5.32 Å². The van der Waals surface area contributed by atoms with Gasteiger partial charge >= 0.3 is 0 Å². The summed E-state index contributed by atoms with van der Waals surface area (Å²) in [5.41, 5.74) is 2.39. The molecule has 0 aliphatic rings. The van der Waals surface area contributed by atoms with E-state index in [9.17, 15) is 0 Å². The minimum atomic E-state index is -0.203. The lowest BCUT2D eigenvalue weighted by molar-refractivity contribution is 0.441. The zero-order valence-electron chi connectivity index (χ0n) is 12.5. The van der Waals surface area contributed by atoms with Crippen molar-refractivity contribution in [3.05, 3.63) is 29.8 Å². The van der Waals surface area contributed by atoms with Crippen LogP contribution in [-0.2, 0) is 6.42 Å². The molecule has 0 spiro atoms. The molecule has 0 atom stereocenters. The number of nitrogens with one attached hydrogen (secondary N) is 1. The van der Waals surface area contributed by atoms with E-state index in [-0.39, 0.29) is 5.41 Å². The first-order valence-electron chi connectivity index (χ1n) is 7.31. The second-order valence-electron chi connectivity index (χ2n) is 5.83. The smallest absolute Gasteiger partial charge is 0.0683 e. The lowest BCUT2D eigenvalue weighted by Gasteiger charge is -2.15. The highest BCUT2D eigenvalue weighted by Gasteiger charge is 2.15. The summed E-state index contributed by atoms with van der Waals surface area (Å²) in [4.78, 5) is 0. The van der Waals surface area contributed by atoms with Crippen molar-refractivity contribution in [3.63, 3.8) is 0 Å². The van der Waals surface area contributed by atoms with Crippen LogP contribution in [0.1, 0.15) is 52.0 Å². The van der Waals surface area contributed by atoms with Crippen molar-refractivity contribution in [2.24, 2.45) is 5.41 Å². The van der Waals surface area contributed by atoms with Gasteiger partial charge in [-0.1, -0.05) is 25.5 Å². The fourth-order valence-electron chi connectivity index (χ4n) is 1.99. The monoisotopic (exact) mass is 258 g/mol. The lowest BCUT2D eigenvalue weighted by Crippen LogP contribution is -2.11. The molecule has 0 aliphatic heterocycles. The number of rotatable bonds is 8. The van der Waals surface area contributed by atoms with Gasteiger partial charge in [0.25, 0.3) is 0 Å². The Hall–Kier alpha value is -1.49. The summed E-state index contributed by atoms with van der Waals surface area (Å²) in [5.74, 6) is 0. The molecule has 1 rings (SSSR count). The highest BCUT2D eigenvalue weighted by atomic mass is 14.9. The van der Waals surface area contributed by atoms with Crippen LogP contribution in [0.25, 0.3) is 0 Å². The Morgan fingerprint density at radius 2 is 1.84 bits per heavy atom. The zero-order valence-corrected chi connectivity index (χ0v) is 12.5. The Balaban J connectivity index is 2.29. The van der Waals surface area contributed by atoms with E-state index >= 15 is 0 Å². The van der Waals surface area contributed by atoms with Gasteiger partial charge in [0.15, 0.2) is 0 Å². The van der Waals surface area contributed by atoms with Gasteiger partial charge in [0.05, 0.1) is 11.5 Å². The van der Waals surface area contributed by atoms with Crippen LogP contribution in [0.4, 0.5) is 5.69 Å². The Bertz CT molecular complexity index is 398. The van der Waals surface area contributed by atoms with Crippen LogP contribution in [0.5, 0.6) is 0 Å².